The maximum atomic E-state index is 12.2. The van der Waals surface area contributed by atoms with Gasteiger partial charge in [0.15, 0.2) is 15.8 Å². The number of ether oxygens (including phenoxy) is 1. The number of guanidine groups is 1. The average molecular weight is 433 g/mol. The van der Waals surface area contributed by atoms with Gasteiger partial charge in [-0.05, 0) is 49.5 Å². The first kappa shape index (κ1) is 22.8. The van der Waals surface area contributed by atoms with Gasteiger partial charge in [-0.15, -0.1) is 0 Å². The second-order valence-corrected chi connectivity index (χ2v) is 8.34. The molecule has 0 saturated heterocycles. The van der Waals surface area contributed by atoms with E-state index in [2.05, 4.69) is 10.3 Å². The molecule has 2 rings (SSSR count). The zero-order valence-electron chi connectivity index (χ0n) is 16.7. The standard InChI is InChI=1S/C19H23N5O5S/c1-22-11-17(25)24(2)13-5-7-14(8-6-13)29-15-9-4-12(18(26)23-19(20)21)10-16(15)30(3,27)28/h4-10,22H,11H2,1-3H3,(H4,20,21,23,26). The van der Waals surface area contributed by atoms with Crippen molar-refractivity contribution < 1.29 is 22.7 Å². The van der Waals surface area contributed by atoms with Crippen LogP contribution >= 0.6 is 0 Å². The van der Waals surface area contributed by atoms with Gasteiger partial charge in [0.2, 0.25) is 5.91 Å². The molecule has 0 aliphatic carbocycles. The summed E-state index contributed by atoms with van der Waals surface area (Å²) in [5.41, 5.74) is 11.0. The number of nitrogens with two attached hydrogens (primary N) is 2. The Morgan fingerprint density at radius 2 is 1.77 bits per heavy atom. The lowest BCUT2D eigenvalue weighted by molar-refractivity contribution is -0.117. The van der Waals surface area contributed by atoms with Crippen LogP contribution in [-0.2, 0) is 14.6 Å². The molecule has 0 aromatic heterocycles. The van der Waals surface area contributed by atoms with Crippen molar-refractivity contribution in [1.29, 1.82) is 0 Å². The highest BCUT2D eigenvalue weighted by Gasteiger charge is 2.19. The zero-order valence-corrected chi connectivity index (χ0v) is 17.6. The molecule has 30 heavy (non-hydrogen) atoms. The molecule has 0 fully saturated rings. The van der Waals surface area contributed by atoms with Gasteiger partial charge in [-0.2, -0.15) is 4.99 Å². The topological polar surface area (TPSA) is 157 Å². The van der Waals surface area contributed by atoms with Crippen LogP contribution in [0.15, 0.2) is 52.4 Å². The molecule has 5 N–H and O–H groups in total. The van der Waals surface area contributed by atoms with Crippen molar-refractivity contribution >= 4 is 33.3 Å². The first-order chi connectivity index (χ1) is 14.0. The Kier molecular flexibility index (Phi) is 7.14. The fraction of sp³-hybridized carbons (Fsp3) is 0.211. The van der Waals surface area contributed by atoms with Crippen LogP contribution in [0, 0.1) is 0 Å². The third-order valence-corrected chi connectivity index (χ3v) is 5.09. The maximum Gasteiger partial charge on any atom is 0.280 e. The van der Waals surface area contributed by atoms with Crippen LogP contribution in [0.4, 0.5) is 5.69 Å². The van der Waals surface area contributed by atoms with Gasteiger partial charge in [-0.3, -0.25) is 9.59 Å². The number of benzene rings is 2. The lowest BCUT2D eigenvalue weighted by atomic mass is 10.2. The minimum Gasteiger partial charge on any atom is -0.456 e. The predicted octanol–water partition coefficient (Wildman–Crippen LogP) is 0.478. The van der Waals surface area contributed by atoms with Crippen LogP contribution in [0.3, 0.4) is 0 Å². The summed E-state index contributed by atoms with van der Waals surface area (Å²) in [6.07, 6.45) is 0.995. The fourth-order valence-corrected chi connectivity index (χ4v) is 3.29. The molecule has 0 bridgehead atoms. The lowest BCUT2D eigenvalue weighted by Crippen LogP contribution is -2.33. The number of sulfone groups is 1. The number of hydrogen-bond acceptors (Lipinski definition) is 6. The summed E-state index contributed by atoms with van der Waals surface area (Å²) in [5, 5.41) is 2.79. The van der Waals surface area contributed by atoms with Crippen LogP contribution in [-0.4, -0.2) is 53.1 Å². The number of rotatable bonds is 7. The third kappa shape index (κ3) is 5.78. The van der Waals surface area contributed by atoms with E-state index in [0.29, 0.717) is 11.4 Å². The summed E-state index contributed by atoms with van der Waals surface area (Å²) >= 11 is 0. The Morgan fingerprint density at radius 1 is 1.13 bits per heavy atom. The highest BCUT2D eigenvalue weighted by atomic mass is 32.2. The molecular weight excluding hydrogens is 410 g/mol. The minimum atomic E-state index is -3.73. The van der Waals surface area contributed by atoms with E-state index < -0.39 is 21.7 Å². The van der Waals surface area contributed by atoms with Gasteiger partial charge in [-0.1, -0.05) is 0 Å². The SMILES string of the molecule is CNCC(=O)N(C)c1ccc(Oc2ccc(C(=O)N=C(N)N)cc2S(C)(=O)=O)cc1. The smallest absolute Gasteiger partial charge is 0.280 e. The van der Waals surface area contributed by atoms with Crippen molar-refractivity contribution in [3.8, 4) is 11.5 Å². The molecule has 0 aliphatic heterocycles. The summed E-state index contributed by atoms with van der Waals surface area (Å²) < 4.78 is 30.1. The van der Waals surface area contributed by atoms with Crippen LogP contribution in [0.2, 0.25) is 0 Å². The van der Waals surface area contributed by atoms with E-state index in [9.17, 15) is 18.0 Å². The van der Waals surface area contributed by atoms with Crippen LogP contribution < -0.4 is 26.4 Å². The van der Waals surface area contributed by atoms with Crippen LogP contribution in [0.25, 0.3) is 0 Å². The van der Waals surface area contributed by atoms with Crippen molar-refractivity contribution in [2.24, 2.45) is 16.5 Å². The van der Waals surface area contributed by atoms with Crippen molar-refractivity contribution in [2.75, 3.05) is 31.8 Å². The summed E-state index contributed by atoms with van der Waals surface area (Å²) in [5.74, 6) is -0.941. The van der Waals surface area contributed by atoms with Gasteiger partial charge in [0.25, 0.3) is 5.91 Å². The second kappa shape index (κ2) is 9.37. The number of carbonyl (C=O) groups is 2. The van der Waals surface area contributed by atoms with Gasteiger partial charge < -0.3 is 26.4 Å². The highest BCUT2D eigenvalue weighted by molar-refractivity contribution is 7.90. The Labute approximate surface area is 174 Å². The third-order valence-electron chi connectivity index (χ3n) is 3.97. The Balaban J connectivity index is 2.33. The van der Waals surface area contributed by atoms with E-state index in [1.165, 1.54) is 17.0 Å². The predicted molar refractivity (Wildman–Crippen MR) is 114 cm³/mol. The molecule has 2 aromatic carbocycles. The number of nitrogens with zero attached hydrogens (tertiary/aromatic N) is 2. The maximum absolute atomic E-state index is 12.2. The zero-order chi connectivity index (χ0) is 22.5. The molecule has 0 atom stereocenters. The highest BCUT2D eigenvalue weighted by Crippen LogP contribution is 2.31. The molecule has 0 spiro atoms. The van der Waals surface area contributed by atoms with E-state index >= 15 is 0 Å². The van der Waals surface area contributed by atoms with E-state index in [1.807, 2.05) is 0 Å². The van der Waals surface area contributed by atoms with Gasteiger partial charge in [0.1, 0.15) is 16.4 Å². The van der Waals surface area contributed by atoms with Crippen molar-refractivity contribution in [1.82, 2.24) is 5.32 Å². The summed E-state index contributed by atoms with van der Waals surface area (Å²) in [7, 11) is -0.404. The molecule has 160 valence electrons. The quantitative estimate of drug-likeness (QED) is 0.420. The van der Waals surface area contributed by atoms with Crippen molar-refractivity contribution in [3.63, 3.8) is 0 Å². The first-order valence-electron chi connectivity index (χ1n) is 8.70. The number of amides is 2. The Bertz CT molecular complexity index is 1080. The monoisotopic (exact) mass is 433 g/mol. The number of likely N-dealkylation sites (N-methyl/N-ethyl adjacent to an activating group) is 2. The van der Waals surface area contributed by atoms with Gasteiger partial charge in [0, 0.05) is 24.6 Å². The van der Waals surface area contributed by atoms with E-state index in [1.54, 1.807) is 38.4 Å². The summed E-state index contributed by atoms with van der Waals surface area (Å²) in [6, 6.07) is 10.4. The molecule has 0 heterocycles. The largest absolute Gasteiger partial charge is 0.456 e. The molecule has 2 aromatic rings. The van der Waals surface area contributed by atoms with Crippen molar-refractivity contribution in [3.05, 3.63) is 48.0 Å². The number of carbonyl (C=O) groups excluding carboxylic acids is 2. The summed E-state index contributed by atoms with van der Waals surface area (Å²) in [4.78, 5) is 28.6. The molecular formula is C19H23N5O5S. The molecule has 0 saturated carbocycles. The first-order valence-corrected chi connectivity index (χ1v) is 10.6. The molecule has 0 radical (unpaired) electrons. The van der Waals surface area contributed by atoms with E-state index in [4.69, 9.17) is 16.2 Å². The van der Waals surface area contributed by atoms with Crippen LogP contribution in [0.5, 0.6) is 11.5 Å². The number of hydrogen-bond donors (Lipinski definition) is 3. The van der Waals surface area contributed by atoms with E-state index in [0.717, 1.165) is 12.3 Å². The Hall–Kier alpha value is -3.44. The lowest BCUT2D eigenvalue weighted by Gasteiger charge is -2.18. The average Bonchev–Trinajstić information content (AvgIpc) is 2.67. The fourth-order valence-electron chi connectivity index (χ4n) is 2.48. The van der Waals surface area contributed by atoms with Crippen molar-refractivity contribution in [2.45, 2.75) is 4.90 Å². The normalized spacial score (nSPS) is 10.9. The molecule has 0 unspecified atom stereocenters. The van der Waals surface area contributed by atoms with E-state index in [-0.39, 0.29) is 28.7 Å². The Morgan fingerprint density at radius 3 is 2.30 bits per heavy atom. The second-order valence-electron chi connectivity index (χ2n) is 6.35. The molecule has 10 nitrogen and oxygen atoms in total. The van der Waals surface area contributed by atoms with Crippen LogP contribution in [0.1, 0.15) is 10.4 Å². The molecule has 2 amide bonds. The minimum absolute atomic E-state index is 0.00352. The van der Waals surface area contributed by atoms with Gasteiger partial charge >= 0.3 is 0 Å². The van der Waals surface area contributed by atoms with Gasteiger partial charge in [-0.25, -0.2) is 8.42 Å². The number of aliphatic imine (C=N–C) groups is 1. The molecule has 11 heteroatoms. The van der Waals surface area contributed by atoms with Gasteiger partial charge in [0.05, 0.1) is 6.54 Å². The number of anilines is 1. The number of nitrogens with one attached hydrogen (secondary N) is 1. The summed E-state index contributed by atoms with van der Waals surface area (Å²) in [6.45, 7) is 0.192. The molecule has 0 aliphatic rings.